The average Bonchev–Trinajstić information content (AvgIpc) is 2.43. The number of rotatable bonds is 8. The Kier molecular flexibility index (Phi) is 6.40. The van der Waals surface area contributed by atoms with Gasteiger partial charge in [0, 0.05) is 12.1 Å². The second-order valence-electron chi connectivity index (χ2n) is 4.39. The monoisotopic (exact) mass is 334 g/mol. The van der Waals surface area contributed by atoms with Crippen molar-refractivity contribution in [1.82, 2.24) is 4.72 Å². The number of nitrogens with zero attached hydrogens (tertiary/aromatic N) is 1. The van der Waals surface area contributed by atoms with E-state index in [1.165, 1.54) is 6.07 Å². The molecule has 21 heavy (non-hydrogen) atoms. The van der Waals surface area contributed by atoms with Crippen molar-refractivity contribution >= 4 is 33.2 Å². The second-order valence-corrected chi connectivity index (χ2v) is 7.06. The van der Waals surface area contributed by atoms with Crippen molar-refractivity contribution in [3.05, 3.63) is 28.3 Å². The van der Waals surface area contributed by atoms with Crippen LogP contribution in [0.15, 0.2) is 23.1 Å². The van der Waals surface area contributed by atoms with Gasteiger partial charge in [-0.15, -0.1) is 0 Å². The predicted molar refractivity (Wildman–Crippen MR) is 83.7 cm³/mol. The number of benzene rings is 1. The zero-order valence-electron chi connectivity index (χ0n) is 11.7. The number of nitro groups is 1. The normalized spacial score (nSPS) is 12.9. The lowest BCUT2D eigenvalue weighted by Gasteiger charge is -2.14. The third-order valence-corrected chi connectivity index (χ3v) is 4.99. The van der Waals surface area contributed by atoms with E-state index in [2.05, 4.69) is 10.1 Å². The number of nitrogen functional groups attached to an aromatic ring is 1. The van der Waals surface area contributed by atoms with E-state index in [0.29, 0.717) is 6.42 Å². The highest BCUT2D eigenvalue weighted by atomic mass is 32.2. The van der Waals surface area contributed by atoms with Gasteiger partial charge in [0.05, 0.1) is 10.6 Å². The molecule has 4 N–H and O–H groups in total. The van der Waals surface area contributed by atoms with E-state index >= 15 is 0 Å². The number of nitrogens with one attached hydrogen (secondary N) is 2. The number of hydrazine groups is 1. The van der Waals surface area contributed by atoms with E-state index in [0.717, 1.165) is 17.9 Å². The number of hydrogen-bond acceptors (Lipinski definition) is 7. The molecule has 8 nitrogen and oxygen atoms in total. The maximum atomic E-state index is 12.3. The molecule has 0 spiro atoms. The minimum atomic E-state index is -3.99. The molecule has 0 aliphatic rings. The maximum absolute atomic E-state index is 12.3. The third kappa shape index (κ3) is 4.84. The van der Waals surface area contributed by atoms with Gasteiger partial charge in [-0.1, -0.05) is 0 Å². The topological polar surface area (TPSA) is 127 Å². The number of sulfonamides is 1. The van der Waals surface area contributed by atoms with E-state index in [-0.39, 0.29) is 11.7 Å². The van der Waals surface area contributed by atoms with Gasteiger partial charge in [-0.2, -0.15) is 11.8 Å². The van der Waals surface area contributed by atoms with Crippen LogP contribution in [0.5, 0.6) is 0 Å². The SMILES string of the molecule is CSCCC(C)NS(=O)(=O)c1cc(NN)ccc1[N+](=O)[O-]. The fourth-order valence-electron chi connectivity index (χ4n) is 1.65. The summed E-state index contributed by atoms with van der Waals surface area (Å²) >= 11 is 1.60. The molecular weight excluding hydrogens is 316 g/mol. The lowest BCUT2D eigenvalue weighted by atomic mass is 10.3. The molecule has 0 aromatic heterocycles. The summed E-state index contributed by atoms with van der Waals surface area (Å²) in [7, 11) is -3.99. The van der Waals surface area contributed by atoms with Crippen LogP contribution in [0.25, 0.3) is 0 Å². The van der Waals surface area contributed by atoms with Gasteiger partial charge in [0.1, 0.15) is 0 Å². The first kappa shape index (κ1) is 17.7. The lowest BCUT2D eigenvalue weighted by molar-refractivity contribution is -0.387. The fourth-order valence-corrected chi connectivity index (χ4v) is 3.72. The van der Waals surface area contributed by atoms with E-state index < -0.39 is 25.5 Å². The van der Waals surface area contributed by atoms with Crippen molar-refractivity contribution in [2.75, 3.05) is 17.4 Å². The molecule has 1 unspecified atom stereocenters. The van der Waals surface area contributed by atoms with Gasteiger partial charge in [-0.25, -0.2) is 13.1 Å². The minimum Gasteiger partial charge on any atom is -0.324 e. The fraction of sp³-hybridized carbons (Fsp3) is 0.455. The van der Waals surface area contributed by atoms with E-state index in [4.69, 9.17) is 5.84 Å². The van der Waals surface area contributed by atoms with Crippen molar-refractivity contribution in [2.24, 2.45) is 5.84 Å². The molecule has 10 heteroatoms. The van der Waals surface area contributed by atoms with Crippen molar-refractivity contribution in [1.29, 1.82) is 0 Å². The van der Waals surface area contributed by atoms with Crippen LogP contribution in [0.1, 0.15) is 13.3 Å². The molecule has 1 atom stereocenters. The number of hydrogen-bond donors (Lipinski definition) is 3. The lowest BCUT2D eigenvalue weighted by Crippen LogP contribution is -2.33. The number of thioether (sulfide) groups is 1. The van der Waals surface area contributed by atoms with Crippen molar-refractivity contribution in [3.8, 4) is 0 Å². The van der Waals surface area contributed by atoms with Gasteiger partial charge >= 0.3 is 0 Å². The standard InChI is InChI=1S/C11H18N4O4S2/c1-8(5-6-20-2)14-21(18,19)11-7-9(13-12)3-4-10(11)15(16)17/h3-4,7-8,13-14H,5-6,12H2,1-2H3. The first-order valence-electron chi connectivity index (χ1n) is 6.08. The summed E-state index contributed by atoms with van der Waals surface area (Å²) in [5.41, 5.74) is 2.06. The van der Waals surface area contributed by atoms with Gasteiger partial charge in [0.2, 0.25) is 10.0 Å². The molecule has 1 aromatic carbocycles. The molecule has 0 radical (unpaired) electrons. The zero-order chi connectivity index (χ0) is 16.0. The molecule has 0 saturated heterocycles. The van der Waals surface area contributed by atoms with E-state index in [9.17, 15) is 18.5 Å². The Morgan fingerprint density at radius 3 is 2.67 bits per heavy atom. The molecule has 0 heterocycles. The molecule has 0 fully saturated rings. The average molecular weight is 334 g/mol. The van der Waals surface area contributed by atoms with Gasteiger partial charge in [-0.3, -0.25) is 16.0 Å². The van der Waals surface area contributed by atoms with Crippen molar-refractivity contribution in [2.45, 2.75) is 24.3 Å². The van der Waals surface area contributed by atoms with Gasteiger partial charge in [0.15, 0.2) is 4.90 Å². The van der Waals surface area contributed by atoms with Crippen molar-refractivity contribution < 1.29 is 13.3 Å². The highest BCUT2D eigenvalue weighted by molar-refractivity contribution is 7.98. The first-order chi connectivity index (χ1) is 9.81. The second kappa shape index (κ2) is 7.59. The third-order valence-electron chi connectivity index (χ3n) is 2.72. The molecule has 0 amide bonds. The Labute approximate surface area is 127 Å². The predicted octanol–water partition coefficient (Wildman–Crippen LogP) is 1.30. The molecule has 118 valence electrons. The summed E-state index contributed by atoms with van der Waals surface area (Å²) in [6.45, 7) is 1.71. The Hall–Kier alpha value is -1.36. The summed E-state index contributed by atoms with van der Waals surface area (Å²) in [6.07, 6.45) is 2.55. The van der Waals surface area contributed by atoms with Gasteiger partial charge < -0.3 is 5.43 Å². The molecule has 0 aliphatic carbocycles. The van der Waals surface area contributed by atoms with Gasteiger partial charge in [0.25, 0.3) is 5.69 Å². The first-order valence-corrected chi connectivity index (χ1v) is 8.96. The quantitative estimate of drug-likeness (QED) is 0.371. The molecule has 0 bridgehead atoms. The van der Waals surface area contributed by atoms with E-state index in [1.807, 2.05) is 6.26 Å². The summed E-state index contributed by atoms with van der Waals surface area (Å²) < 4.78 is 27.1. The Balaban J connectivity index is 3.14. The number of nitrogens with two attached hydrogens (primary N) is 1. The van der Waals surface area contributed by atoms with Crippen LogP contribution in [0, 0.1) is 10.1 Å². The van der Waals surface area contributed by atoms with Crippen LogP contribution in [0.3, 0.4) is 0 Å². The smallest absolute Gasteiger partial charge is 0.289 e. The minimum absolute atomic E-state index is 0.276. The highest BCUT2D eigenvalue weighted by Crippen LogP contribution is 2.27. The number of anilines is 1. The molecule has 1 aromatic rings. The Morgan fingerprint density at radius 2 is 2.14 bits per heavy atom. The van der Waals surface area contributed by atoms with Crippen LogP contribution >= 0.6 is 11.8 Å². The maximum Gasteiger partial charge on any atom is 0.289 e. The largest absolute Gasteiger partial charge is 0.324 e. The van der Waals surface area contributed by atoms with Crippen LogP contribution in [0.4, 0.5) is 11.4 Å². The highest BCUT2D eigenvalue weighted by Gasteiger charge is 2.27. The number of nitro benzene ring substituents is 1. The Bertz CT molecular complexity index is 606. The molecule has 0 aliphatic heterocycles. The zero-order valence-corrected chi connectivity index (χ0v) is 13.3. The van der Waals surface area contributed by atoms with E-state index in [1.54, 1.807) is 18.7 Å². The molecule has 0 saturated carbocycles. The summed E-state index contributed by atoms with van der Waals surface area (Å²) in [4.78, 5) is 9.85. The van der Waals surface area contributed by atoms with Gasteiger partial charge in [-0.05, 0) is 37.5 Å². The van der Waals surface area contributed by atoms with Crippen LogP contribution in [0.2, 0.25) is 0 Å². The summed E-state index contributed by atoms with van der Waals surface area (Å²) in [5.74, 6) is 6.01. The summed E-state index contributed by atoms with van der Waals surface area (Å²) in [5, 5.41) is 11.0. The summed E-state index contributed by atoms with van der Waals surface area (Å²) in [6, 6.07) is 3.27. The van der Waals surface area contributed by atoms with Crippen LogP contribution in [-0.2, 0) is 10.0 Å². The molecule has 1 rings (SSSR count). The van der Waals surface area contributed by atoms with Crippen LogP contribution in [-0.4, -0.2) is 31.4 Å². The van der Waals surface area contributed by atoms with Crippen LogP contribution < -0.4 is 16.0 Å². The molecular formula is C11H18N4O4S2. The van der Waals surface area contributed by atoms with Crippen molar-refractivity contribution in [3.63, 3.8) is 0 Å². The Morgan fingerprint density at radius 1 is 1.48 bits per heavy atom.